The molecular formula is C19H11F4N3O3. The second kappa shape index (κ2) is 6.73. The number of pyridine rings is 1. The number of rotatable bonds is 3. The van der Waals surface area contributed by atoms with Crippen LogP contribution in [0, 0.1) is 5.82 Å². The smallest absolute Gasteiger partial charge is 0.406 e. The average molecular weight is 405 g/mol. The molecule has 29 heavy (non-hydrogen) atoms. The van der Waals surface area contributed by atoms with E-state index < -0.39 is 23.4 Å². The van der Waals surface area contributed by atoms with Gasteiger partial charge in [0.05, 0.1) is 5.52 Å². The van der Waals surface area contributed by atoms with Crippen LogP contribution in [-0.2, 0) is 7.05 Å². The molecule has 148 valence electrons. The maximum Gasteiger partial charge on any atom is 0.573 e. The number of fused-ring (bicyclic) bond motifs is 1. The van der Waals surface area contributed by atoms with Crippen molar-refractivity contribution in [3.8, 4) is 28.6 Å². The molecule has 0 saturated carbocycles. The van der Waals surface area contributed by atoms with E-state index in [1.54, 1.807) is 11.6 Å². The van der Waals surface area contributed by atoms with E-state index in [1.165, 1.54) is 30.5 Å². The predicted molar refractivity (Wildman–Crippen MR) is 94.6 cm³/mol. The van der Waals surface area contributed by atoms with Crippen molar-refractivity contribution < 1.29 is 26.8 Å². The lowest BCUT2D eigenvalue weighted by molar-refractivity contribution is -0.274. The number of aryl methyl sites for hydroxylation is 1. The van der Waals surface area contributed by atoms with Crippen LogP contribution >= 0.6 is 0 Å². The molecular weight excluding hydrogens is 394 g/mol. The molecule has 0 N–H and O–H groups in total. The molecule has 4 aromatic rings. The number of hydrogen-bond donors (Lipinski definition) is 0. The van der Waals surface area contributed by atoms with Gasteiger partial charge in [-0.25, -0.2) is 4.39 Å². The summed E-state index contributed by atoms with van der Waals surface area (Å²) in [5, 5.41) is 3.92. The van der Waals surface area contributed by atoms with Gasteiger partial charge in [0.2, 0.25) is 11.3 Å². The van der Waals surface area contributed by atoms with Crippen molar-refractivity contribution in [2.24, 2.45) is 7.05 Å². The maximum atomic E-state index is 13.6. The summed E-state index contributed by atoms with van der Waals surface area (Å²) in [5.74, 6) is -0.975. The second-order valence-electron chi connectivity index (χ2n) is 6.14. The van der Waals surface area contributed by atoms with E-state index in [2.05, 4.69) is 14.9 Å². The minimum Gasteiger partial charge on any atom is -0.406 e. The van der Waals surface area contributed by atoms with E-state index in [1.807, 2.05) is 0 Å². The Morgan fingerprint density at radius 1 is 1.10 bits per heavy atom. The first-order chi connectivity index (χ1) is 13.7. The summed E-state index contributed by atoms with van der Waals surface area (Å²) >= 11 is 0. The molecule has 2 aromatic heterocycles. The first-order valence-electron chi connectivity index (χ1n) is 8.20. The third-order valence-electron chi connectivity index (χ3n) is 4.15. The summed E-state index contributed by atoms with van der Waals surface area (Å²) in [7, 11) is 1.68. The molecule has 0 saturated heterocycles. The number of halogens is 4. The van der Waals surface area contributed by atoms with Crippen LogP contribution in [0.2, 0.25) is 0 Å². The molecule has 0 fully saturated rings. The zero-order valence-electron chi connectivity index (χ0n) is 14.7. The van der Waals surface area contributed by atoms with Gasteiger partial charge in [-0.1, -0.05) is 5.16 Å². The van der Waals surface area contributed by atoms with Gasteiger partial charge in [-0.2, -0.15) is 4.98 Å². The minimum atomic E-state index is -4.80. The van der Waals surface area contributed by atoms with Crippen LogP contribution in [0.15, 0.2) is 58.0 Å². The van der Waals surface area contributed by atoms with Gasteiger partial charge in [-0.15, -0.1) is 13.2 Å². The maximum absolute atomic E-state index is 13.6. The van der Waals surface area contributed by atoms with Crippen LogP contribution in [0.4, 0.5) is 17.6 Å². The Labute approximate surface area is 160 Å². The van der Waals surface area contributed by atoms with Crippen molar-refractivity contribution in [2.75, 3.05) is 0 Å². The van der Waals surface area contributed by atoms with Gasteiger partial charge in [0.1, 0.15) is 17.1 Å². The molecule has 2 aromatic carbocycles. The normalized spacial score (nSPS) is 11.8. The third-order valence-corrected chi connectivity index (χ3v) is 4.15. The van der Waals surface area contributed by atoms with Crippen molar-refractivity contribution >= 4 is 10.9 Å². The Bertz CT molecular complexity index is 1260. The predicted octanol–water partition coefficient (Wildman–Crippen LogP) is 4.29. The van der Waals surface area contributed by atoms with Crippen molar-refractivity contribution in [3.63, 3.8) is 0 Å². The molecule has 0 aliphatic rings. The highest BCUT2D eigenvalue weighted by molar-refractivity contribution is 5.82. The largest absolute Gasteiger partial charge is 0.573 e. The average Bonchev–Trinajstić information content (AvgIpc) is 3.14. The summed E-state index contributed by atoms with van der Waals surface area (Å²) in [4.78, 5) is 16.9. The lowest BCUT2D eigenvalue weighted by atomic mass is 10.1. The Balaban J connectivity index is 1.71. The number of hydrogen-bond acceptors (Lipinski definition) is 5. The number of benzene rings is 2. The zero-order chi connectivity index (χ0) is 20.8. The van der Waals surface area contributed by atoms with Crippen LogP contribution in [0.25, 0.3) is 33.7 Å². The van der Waals surface area contributed by atoms with Crippen molar-refractivity contribution in [1.82, 2.24) is 14.7 Å². The minimum absolute atomic E-state index is 0.0694. The van der Waals surface area contributed by atoms with Gasteiger partial charge in [-0.3, -0.25) is 4.79 Å². The van der Waals surface area contributed by atoms with Crippen LogP contribution in [0.1, 0.15) is 0 Å². The Morgan fingerprint density at radius 2 is 1.83 bits per heavy atom. The molecule has 2 heterocycles. The summed E-state index contributed by atoms with van der Waals surface area (Å²) in [6.45, 7) is 0. The zero-order valence-corrected chi connectivity index (χ0v) is 14.7. The number of aromatic nitrogens is 3. The van der Waals surface area contributed by atoms with Gasteiger partial charge < -0.3 is 13.8 Å². The number of nitrogens with zero attached hydrogens (tertiary/aromatic N) is 3. The van der Waals surface area contributed by atoms with Gasteiger partial charge in [0, 0.05) is 24.2 Å². The number of ether oxygens (including phenoxy) is 1. The number of alkyl halides is 3. The van der Waals surface area contributed by atoms with E-state index in [0.29, 0.717) is 11.1 Å². The first kappa shape index (κ1) is 18.7. The Morgan fingerprint density at radius 3 is 2.52 bits per heavy atom. The van der Waals surface area contributed by atoms with Gasteiger partial charge >= 0.3 is 6.36 Å². The van der Waals surface area contributed by atoms with Crippen molar-refractivity contribution in [3.05, 3.63) is 64.7 Å². The fourth-order valence-corrected chi connectivity index (χ4v) is 2.87. The van der Waals surface area contributed by atoms with E-state index in [4.69, 9.17) is 4.52 Å². The van der Waals surface area contributed by atoms with Crippen molar-refractivity contribution in [2.45, 2.75) is 6.36 Å². The monoisotopic (exact) mass is 405 g/mol. The lowest BCUT2D eigenvalue weighted by Crippen LogP contribution is -2.16. The van der Waals surface area contributed by atoms with Crippen LogP contribution in [0.5, 0.6) is 5.75 Å². The van der Waals surface area contributed by atoms with E-state index in [-0.39, 0.29) is 22.7 Å². The molecule has 0 atom stereocenters. The molecule has 0 bridgehead atoms. The topological polar surface area (TPSA) is 70.2 Å². The van der Waals surface area contributed by atoms with E-state index in [0.717, 1.165) is 18.2 Å². The summed E-state index contributed by atoms with van der Waals surface area (Å²) in [6, 6.07) is 8.72. The SMILES string of the molecule is Cn1cc(-c2nc(-c3ccc(OC(F)(F)F)cc3)no2)c(=O)c2cc(F)ccc21. The Hall–Kier alpha value is -3.69. The summed E-state index contributed by atoms with van der Waals surface area (Å²) < 4.78 is 60.9. The molecule has 6 nitrogen and oxygen atoms in total. The second-order valence-corrected chi connectivity index (χ2v) is 6.14. The summed E-state index contributed by atoms with van der Waals surface area (Å²) in [6.07, 6.45) is -3.31. The third kappa shape index (κ3) is 3.68. The molecule has 4 rings (SSSR count). The first-order valence-corrected chi connectivity index (χ1v) is 8.20. The van der Waals surface area contributed by atoms with Crippen LogP contribution < -0.4 is 10.2 Å². The highest BCUT2D eigenvalue weighted by Gasteiger charge is 2.31. The van der Waals surface area contributed by atoms with Crippen LogP contribution in [0.3, 0.4) is 0 Å². The fraction of sp³-hybridized carbons (Fsp3) is 0.105. The molecule has 0 aliphatic carbocycles. The van der Waals surface area contributed by atoms with Gasteiger partial charge in [0.15, 0.2) is 0 Å². The quantitative estimate of drug-likeness (QED) is 0.476. The Kier molecular flexibility index (Phi) is 4.33. The molecule has 0 unspecified atom stereocenters. The summed E-state index contributed by atoms with van der Waals surface area (Å²) in [5.41, 5.74) is 0.474. The molecule has 0 aliphatic heterocycles. The molecule has 10 heteroatoms. The van der Waals surface area contributed by atoms with E-state index in [9.17, 15) is 22.4 Å². The highest BCUT2D eigenvalue weighted by Crippen LogP contribution is 2.27. The lowest BCUT2D eigenvalue weighted by Gasteiger charge is -2.08. The standard InChI is InChI=1S/C19H11F4N3O3/c1-26-9-14(16(27)13-8-11(20)4-7-15(13)26)18-24-17(25-29-18)10-2-5-12(6-3-10)28-19(21,22)23/h2-9H,1H3. The molecule has 0 radical (unpaired) electrons. The highest BCUT2D eigenvalue weighted by atomic mass is 19.4. The van der Waals surface area contributed by atoms with Crippen LogP contribution in [-0.4, -0.2) is 21.1 Å². The van der Waals surface area contributed by atoms with Gasteiger partial charge in [-0.05, 0) is 42.5 Å². The molecule has 0 amide bonds. The van der Waals surface area contributed by atoms with Crippen molar-refractivity contribution in [1.29, 1.82) is 0 Å². The fourth-order valence-electron chi connectivity index (χ4n) is 2.87. The van der Waals surface area contributed by atoms with E-state index >= 15 is 0 Å². The molecule has 0 spiro atoms. The van der Waals surface area contributed by atoms with Gasteiger partial charge in [0.25, 0.3) is 5.89 Å².